The Kier molecular flexibility index (Phi) is 5.23. The van der Waals surface area contributed by atoms with Crippen LogP contribution in [-0.4, -0.2) is 32.5 Å². The van der Waals surface area contributed by atoms with E-state index in [0.29, 0.717) is 18.0 Å². The number of ether oxygens (including phenoxy) is 1. The molecule has 3 rings (SSSR count). The van der Waals surface area contributed by atoms with E-state index < -0.39 is 18.3 Å². The van der Waals surface area contributed by atoms with Crippen LogP contribution in [-0.2, 0) is 15.9 Å². The van der Waals surface area contributed by atoms with Crippen LogP contribution in [0, 0.1) is 5.82 Å². The highest BCUT2D eigenvalue weighted by atomic mass is 19.1. The maximum absolute atomic E-state index is 14.1. The van der Waals surface area contributed by atoms with Crippen molar-refractivity contribution in [3.05, 3.63) is 53.8 Å². The van der Waals surface area contributed by atoms with Gasteiger partial charge < -0.3 is 18.9 Å². The Bertz CT molecular complexity index is 809. The third kappa shape index (κ3) is 3.82. The lowest BCUT2D eigenvalue weighted by Gasteiger charge is -2.32. The van der Waals surface area contributed by atoms with E-state index in [4.69, 9.17) is 14.0 Å². The Balaban J connectivity index is 1.87. The molecule has 0 radical (unpaired) electrons. The Morgan fingerprint density at radius 3 is 2.26 bits per heavy atom. The fraction of sp³-hybridized carbons (Fsp3) is 0.429. The normalized spacial score (nSPS) is 17.8. The molecule has 0 bridgehead atoms. The van der Waals surface area contributed by atoms with Crippen molar-refractivity contribution in [1.29, 1.82) is 0 Å². The molecular weight excluding hydrogens is 344 g/mol. The molecule has 27 heavy (non-hydrogen) atoms. The van der Waals surface area contributed by atoms with E-state index in [1.54, 1.807) is 19.2 Å². The molecule has 1 fully saturated rings. The van der Waals surface area contributed by atoms with Gasteiger partial charge in [-0.1, -0.05) is 24.3 Å². The molecule has 6 heteroatoms. The molecule has 0 spiro atoms. The first kappa shape index (κ1) is 19.7. The molecule has 0 aliphatic carbocycles. The minimum Gasteiger partial charge on any atom is -0.497 e. The maximum Gasteiger partial charge on any atom is 0.498 e. The van der Waals surface area contributed by atoms with Crippen molar-refractivity contribution in [2.75, 3.05) is 19.1 Å². The summed E-state index contributed by atoms with van der Waals surface area (Å²) in [5.74, 6) is 0.477. The van der Waals surface area contributed by atoms with Gasteiger partial charge in [0.15, 0.2) is 0 Å². The first-order valence-electron chi connectivity index (χ1n) is 9.13. The topological polar surface area (TPSA) is 30.9 Å². The summed E-state index contributed by atoms with van der Waals surface area (Å²) >= 11 is 0. The molecule has 2 aromatic rings. The highest BCUT2D eigenvalue weighted by Gasteiger charge is 2.52. The summed E-state index contributed by atoms with van der Waals surface area (Å²) in [5.41, 5.74) is 1.57. The smallest absolute Gasteiger partial charge is 0.497 e. The summed E-state index contributed by atoms with van der Waals surface area (Å²) in [4.78, 5) is 1.88. The molecule has 0 aromatic heterocycles. The zero-order valence-electron chi connectivity index (χ0n) is 16.9. The Morgan fingerprint density at radius 1 is 1.04 bits per heavy atom. The number of hydrogen-bond acceptors (Lipinski definition) is 4. The molecule has 0 N–H and O–H groups in total. The van der Waals surface area contributed by atoms with Gasteiger partial charge >= 0.3 is 7.12 Å². The van der Waals surface area contributed by atoms with Gasteiger partial charge in [0.05, 0.1) is 24.0 Å². The van der Waals surface area contributed by atoms with E-state index in [1.807, 2.05) is 63.9 Å². The molecule has 1 aliphatic rings. The second-order valence-corrected chi connectivity index (χ2v) is 7.97. The number of nitrogens with zero attached hydrogens (tertiary/aromatic N) is 1. The molecule has 2 aromatic carbocycles. The van der Waals surface area contributed by atoms with Crippen LogP contribution in [0.4, 0.5) is 10.1 Å². The van der Waals surface area contributed by atoms with Crippen molar-refractivity contribution >= 4 is 18.3 Å². The predicted octanol–water partition coefficient (Wildman–Crippen LogP) is 3.77. The van der Waals surface area contributed by atoms with Gasteiger partial charge in [-0.25, -0.2) is 4.39 Å². The average Bonchev–Trinajstić information content (AvgIpc) is 2.82. The quantitative estimate of drug-likeness (QED) is 0.749. The van der Waals surface area contributed by atoms with Crippen LogP contribution in [0.25, 0.3) is 0 Å². The molecule has 4 nitrogen and oxygen atoms in total. The third-order valence-corrected chi connectivity index (χ3v) is 5.48. The van der Waals surface area contributed by atoms with Crippen molar-refractivity contribution < 1.29 is 18.4 Å². The molecule has 1 saturated heterocycles. The van der Waals surface area contributed by atoms with E-state index in [2.05, 4.69) is 0 Å². The zero-order valence-corrected chi connectivity index (χ0v) is 16.9. The number of para-hydroxylation sites is 1. The van der Waals surface area contributed by atoms with E-state index in [9.17, 15) is 4.39 Å². The average molecular weight is 371 g/mol. The SMILES string of the molecule is COc1ccc(CN(C)c2ccccc2F)cc1B1OC(C)(C)C(C)(C)O1. The number of halogens is 1. The summed E-state index contributed by atoms with van der Waals surface area (Å²) in [6.07, 6.45) is 0. The van der Waals surface area contributed by atoms with Crippen LogP contribution in [0.5, 0.6) is 5.75 Å². The molecule has 144 valence electrons. The van der Waals surface area contributed by atoms with Gasteiger partial charge in [0, 0.05) is 19.1 Å². The second kappa shape index (κ2) is 7.17. The summed E-state index contributed by atoms with van der Waals surface area (Å²) < 4.78 is 31.9. The van der Waals surface area contributed by atoms with E-state index in [-0.39, 0.29) is 5.82 Å². The Labute approximate surface area is 161 Å². The molecule has 0 saturated carbocycles. The molecule has 1 heterocycles. The highest BCUT2D eigenvalue weighted by Crippen LogP contribution is 2.37. The number of benzene rings is 2. The molecule has 1 aliphatic heterocycles. The fourth-order valence-electron chi connectivity index (χ4n) is 3.16. The van der Waals surface area contributed by atoms with Gasteiger partial charge in [-0.15, -0.1) is 0 Å². The molecule has 0 atom stereocenters. The van der Waals surface area contributed by atoms with Crippen LogP contribution in [0.3, 0.4) is 0 Å². The minimum atomic E-state index is -0.510. The van der Waals surface area contributed by atoms with Gasteiger partial charge in [0.1, 0.15) is 11.6 Å². The third-order valence-electron chi connectivity index (χ3n) is 5.48. The number of rotatable bonds is 5. The van der Waals surface area contributed by atoms with Crippen molar-refractivity contribution in [2.45, 2.75) is 45.4 Å². The lowest BCUT2D eigenvalue weighted by Crippen LogP contribution is -2.41. The predicted molar refractivity (Wildman–Crippen MR) is 107 cm³/mol. The minimum absolute atomic E-state index is 0.236. The summed E-state index contributed by atoms with van der Waals surface area (Å²) in [7, 11) is 3.00. The van der Waals surface area contributed by atoms with Crippen LogP contribution >= 0.6 is 0 Å². The lowest BCUT2D eigenvalue weighted by molar-refractivity contribution is 0.00578. The standard InChI is InChI=1S/C21H27BFNO3/c1-20(2)21(3,4)27-22(26-20)16-13-15(11-12-19(16)25-6)14-24(5)18-10-8-7-9-17(18)23/h7-13H,14H2,1-6H3. The van der Waals surface area contributed by atoms with Crippen molar-refractivity contribution in [3.8, 4) is 5.75 Å². The monoisotopic (exact) mass is 371 g/mol. The van der Waals surface area contributed by atoms with E-state index in [0.717, 1.165) is 11.0 Å². The van der Waals surface area contributed by atoms with Gasteiger partial charge in [-0.05, 0) is 51.5 Å². The van der Waals surface area contributed by atoms with E-state index in [1.165, 1.54) is 6.07 Å². The maximum atomic E-state index is 14.1. The van der Waals surface area contributed by atoms with Gasteiger partial charge in [-0.3, -0.25) is 0 Å². The number of hydrogen-bond donors (Lipinski definition) is 0. The van der Waals surface area contributed by atoms with Crippen molar-refractivity contribution in [1.82, 2.24) is 0 Å². The first-order valence-corrected chi connectivity index (χ1v) is 9.13. The van der Waals surface area contributed by atoms with Crippen molar-refractivity contribution in [2.24, 2.45) is 0 Å². The molecule has 0 unspecified atom stereocenters. The first-order chi connectivity index (χ1) is 12.6. The molecule has 0 amide bonds. The van der Waals surface area contributed by atoms with Crippen LogP contribution in [0.15, 0.2) is 42.5 Å². The molecular formula is C21H27BFNO3. The van der Waals surface area contributed by atoms with Crippen molar-refractivity contribution in [3.63, 3.8) is 0 Å². The fourth-order valence-corrected chi connectivity index (χ4v) is 3.16. The summed E-state index contributed by atoms with van der Waals surface area (Å²) in [6.45, 7) is 8.65. The number of methoxy groups -OCH3 is 1. The zero-order chi connectivity index (χ0) is 19.8. The van der Waals surface area contributed by atoms with Gasteiger partial charge in [-0.2, -0.15) is 0 Å². The van der Waals surface area contributed by atoms with Gasteiger partial charge in [0.25, 0.3) is 0 Å². The summed E-state index contributed by atoms with van der Waals surface area (Å²) in [6, 6.07) is 12.7. The summed E-state index contributed by atoms with van der Waals surface area (Å²) in [5, 5.41) is 0. The lowest BCUT2D eigenvalue weighted by atomic mass is 9.77. The van der Waals surface area contributed by atoms with Gasteiger partial charge in [0.2, 0.25) is 0 Å². The van der Waals surface area contributed by atoms with E-state index >= 15 is 0 Å². The van der Waals surface area contributed by atoms with Crippen LogP contribution in [0.1, 0.15) is 33.3 Å². The van der Waals surface area contributed by atoms with Crippen LogP contribution in [0.2, 0.25) is 0 Å². The highest BCUT2D eigenvalue weighted by molar-refractivity contribution is 6.63. The van der Waals surface area contributed by atoms with Crippen LogP contribution < -0.4 is 15.1 Å². The Morgan fingerprint density at radius 2 is 1.67 bits per heavy atom. The largest absolute Gasteiger partial charge is 0.498 e. The Hall–Kier alpha value is -2.05. The second-order valence-electron chi connectivity index (χ2n) is 7.97. The number of anilines is 1.